The van der Waals surface area contributed by atoms with E-state index < -0.39 is 0 Å². The summed E-state index contributed by atoms with van der Waals surface area (Å²) >= 11 is 0. The zero-order chi connectivity index (χ0) is 11.5. The molecule has 2 rings (SSSR count). The van der Waals surface area contributed by atoms with Crippen molar-refractivity contribution in [2.75, 3.05) is 13.2 Å². The van der Waals surface area contributed by atoms with Crippen molar-refractivity contribution in [1.82, 2.24) is 10.2 Å². The van der Waals surface area contributed by atoms with Gasteiger partial charge in [-0.3, -0.25) is 4.79 Å². The highest BCUT2D eigenvalue weighted by molar-refractivity contribution is 5.98. The molecule has 1 aromatic heterocycles. The van der Waals surface area contributed by atoms with E-state index in [2.05, 4.69) is 10.2 Å². The third-order valence-electron chi connectivity index (χ3n) is 2.96. The first-order valence-corrected chi connectivity index (χ1v) is 5.61. The van der Waals surface area contributed by atoms with Crippen molar-refractivity contribution in [3.63, 3.8) is 0 Å². The molecule has 0 saturated carbocycles. The first kappa shape index (κ1) is 11.2. The second kappa shape index (κ2) is 4.70. The van der Waals surface area contributed by atoms with Crippen LogP contribution in [-0.2, 0) is 4.74 Å². The molecule has 0 radical (unpaired) electrons. The van der Waals surface area contributed by atoms with Gasteiger partial charge in [0, 0.05) is 24.7 Å². The Morgan fingerprint density at radius 2 is 2.00 bits per heavy atom. The fraction of sp³-hybridized carbons (Fsp3) is 0.583. The lowest BCUT2D eigenvalue weighted by Crippen LogP contribution is -2.24. The summed E-state index contributed by atoms with van der Waals surface area (Å²) in [6.45, 7) is 5.06. The van der Waals surface area contributed by atoms with Gasteiger partial charge in [0.05, 0.1) is 11.4 Å². The lowest BCUT2D eigenvalue weighted by Gasteiger charge is -2.21. The minimum Gasteiger partial charge on any atom is -0.381 e. The minimum atomic E-state index is 0.0936. The zero-order valence-electron chi connectivity index (χ0n) is 9.69. The number of carbonyl (C=O) groups is 1. The van der Waals surface area contributed by atoms with Gasteiger partial charge in [-0.1, -0.05) is 0 Å². The number of Topliss-reactive ketones (excluding diaryl/α,β-unsaturated/α-hetero) is 1. The van der Waals surface area contributed by atoms with Crippen molar-refractivity contribution in [2.24, 2.45) is 5.92 Å². The molecule has 1 aliphatic heterocycles. The molecule has 0 atom stereocenters. The van der Waals surface area contributed by atoms with E-state index >= 15 is 0 Å². The van der Waals surface area contributed by atoms with Gasteiger partial charge < -0.3 is 4.74 Å². The second-order valence-corrected chi connectivity index (χ2v) is 4.24. The fourth-order valence-electron chi connectivity index (χ4n) is 1.98. The molecule has 1 saturated heterocycles. The van der Waals surface area contributed by atoms with Gasteiger partial charge in [0.25, 0.3) is 0 Å². The normalized spacial score (nSPS) is 17.4. The third-order valence-corrected chi connectivity index (χ3v) is 2.96. The number of aryl methyl sites for hydroxylation is 2. The molecule has 1 aromatic rings. The second-order valence-electron chi connectivity index (χ2n) is 4.24. The highest BCUT2D eigenvalue weighted by atomic mass is 16.5. The third kappa shape index (κ3) is 2.27. The topological polar surface area (TPSA) is 52.1 Å². The highest BCUT2D eigenvalue weighted by Crippen LogP contribution is 2.21. The minimum absolute atomic E-state index is 0.0936. The Hall–Kier alpha value is -1.29. The molecule has 0 N–H and O–H groups in total. The van der Waals surface area contributed by atoms with Crippen molar-refractivity contribution in [3.05, 3.63) is 23.0 Å². The molecule has 86 valence electrons. The molecule has 0 amide bonds. The number of ketones is 1. The molecule has 0 bridgehead atoms. The Morgan fingerprint density at radius 3 is 2.69 bits per heavy atom. The van der Waals surface area contributed by atoms with Crippen molar-refractivity contribution in [2.45, 2.75) is 26.7 Å². The van der Waals surface area contributed by atoms with Crippen LogP contribution in [0.4, 0.5) is 0 Å². The Kier molecular flexibility index (Phi) is 3.29. The molecule has 0 aromatic carbocycles. The average molecular weight is 220 g/mol. The number of hydrogen-bond donors (Lipinski definition) is 0. The molecule has 1 aliphatic rings. The lowest BCUT2D eigenvalue weighted by atomic mass is 9.90. The number of carbonyl (C=O) groups excluding carboxylic acids is 1. The van der Waals surface area contributed by atoms with E-state index in [9.17, 15) is 4.79 Å². The Morgan fingerprint density at radius 1 is 1.31 bits per heavy atom. The summed E-state index contributed by atoms with van der Waals surface area (Å²) < 4.78 is 5.26. The molecule has 1 fully saturated rings. The Bertz CT molecular complexity index is 398. The maximum Gasteiger partial charge on any atom is 0.168 e. The van der Waals surface area contributed by atoms with Gasteiger partial charge in [0.2, 0.25) is 0 Å². The molecule has 4 nitrogen and oxygen atoms in total. The van der Waals surface area contributed by atoms with E-state index in [-0.39, 0.29) is 11.7 Å². The van der Waals surface area contributed by atoms with Crippen molar-refractivity contribution in [1.29, 1.82) is 0 Å². The summed E-state index contributed by atoms with van der Waals surface area (Å²) in [7, 11) is 0. The van der Waals surface area contributed by atoms with Crippen LogP contribution < -0.4 is 0 Å². The zero-order valence-corrected chi connectivity index (χ0v) is 9.69. The number of hydrogen-bond acceptors (Lipinski definition) is 4. The number of ether oxygens (including phenoxy) is 1. The summed E-state index contributed by atoms with van der Waals surface area (Å²) in [6, 6.07) is 1.83. The Balaban J connectivity index is 2.22. The van der Waals surface area contributed by atoms with Gasteiger partial charge in [-0.25, -0.2) is 0 Å². The summed E-state index contributed by atoms with van der Waals surface area (Å²) in [4.78, 5) is 12.2. The molecule has 0 aliphatic carbocycles. The summed E-state index contributed by atoms with van der Waals surface area (Å²) in [5.41, 5.74) is 2.24. The number of rotatable bonds is 2. The molecule has 16 heavy (non-hydrogen) atoms. The first-order valence-electron chi connectivity index (χ1n) is 5.61. The molecule has 2 heterocycles. The van der Waals surface area contributed by atoms with Crippen LogP contribution in [0.15, 0.2) is 6.07 Å². The van der Waals surface area contributed by atoms with Crippen LogP contribution in [0.25, 0.3) is 0 Å². The predicted octanol–water partition coefficient (Wildman–Crippen LogP) is 1.70. The van der Waals surface area contributed by atoms with Crippen molar-refractivity contribution in [3.8, 4) is 0 Å². The largest absolute Gasteiger partial charge is 0.381 e. The van der Waals surface area contributed by atoms with Crippen LogP contribution >= 0.6 is 0 Å². The summed E-state index contributed by atoms with van der Waals surface area (Å²) in [5, 5.41) is 7.93. The van der Waals surface area contributed by atoms with Crippen LogP contribution in [0.3, 0.4) is 0 Å². The maximum atomic E-state index is 12.2. The van der Waals surface area contributed by atoms with Crippen LogP contribution in [0, 0.1) is 19.8 Å². The van der Waals surface area contributed by atoms with Gasteiger partial charge in [-0.2, -0.15) is 10.2 Å². The standard InChI is InChI=1S/C12H16N2O2/c1-8-7-11(9(2)14-13-8)12(15)10-3-5-16-6-4-10/h7,10H,3-6H2,1-2H3. The number of nitrogens with zero attached hydrogens (tertiary/aromatic N) is 2. The van der Waals surface area contributed by atoms with Crippen molar-refractivity contribution < 1.29 is 9.53 Å². The van der Waals surface area contributed by atoms with Gasteiger partial charge in [0.1, 0.15) is 0 Å². The number of aromatic nitrogens is 2. The molecule has 0 spiro atoms. The van der Waals surface area contributed by atoms with Crippen LogP contribution in [0.2, 0.25) is 0 Å². The van der Waals surface area contributed by atoms with E-state index in [1.54, 1.807) is 0 Å². The Labute approximate surface area is 95.0 Å². The smallest absolute Gasteiger partial charge is 0.168 e. The monoisotopic (exact) mass is 220 g/mol. The highest BCUT2D eigenvalue weighted by Gasteiger charge is 2.24. The predicted molar refractivity (Wildman–Crippen MR) is 59.4 cm³/mol. The first-order chi connectivity index (χ1) is 7.68. The van der Waals surface area contributed by atoms with Crippen LogP contribution in [0.5, 0.6) is 0 Å². The van der Waals surface area contributed by atoms with E-state index in [0.717, 1.165) is 29.8 Å². The SMILES string of the molecule is Cc1cc(C(=O)C2CCOCC2)c(C)nn1. The molecular formula is C12H16N2O2. The fourth-order valence-corrected chi connectivity index (χ4v) is 1.98. The van der Waals surface area contributed by atoms with Crippen LogP contribution in [0.1, 0.15) is 34.6 Å². The molecule has 4 heteroatoms. The van der Waals surface area contributed by atoms with Crippen molar-refractivity contribution >= 4 is 5.78 Å². The lowest BCUT2D eigenvalue weighted by molar-refractivity contribution is 0.0544. The molecule has 0 unspecified atom stereocenters. The van der Waals surface area contributed by atoms with E-state index in [1.165, 1.54) is 0 Å². The quantitative estimate of drug-likeness (QED) is 0.712. The molecular weight excluding hydrogens is 204 g/mol. The average Bonchev–Trinajstić information content (AvgIpc) is 2.32. The van der Waals surface area contributed by atoms with E-state index in [4.69, 9.17) is 4.74 Å². The van der Waals surface area contributed by atoms with Gasteiger partial charge in [-0.05, 0) is 32.8 Å². The van der Waals surface area contributed by atoms with Gasteiger partial charge in [0.15, 0.2) is 5.78 Å². The summed E-state index contributed by atoms with van der Waals surface area (Å²) in [6.07, 6.45) is 1.64. The van der Waals surface area contributed by atoms with Gasteiger partial charge >= 0.3 is 0 Å². The van der Waals surface area contributed by atoms with E-state index in [0.29, 0.717) is 13.2 Å². The summed E-state index contributed by atoms with van der Waals surface area (Å²) in [5.74, 6) is 0.287. The van der Waals surface area contributed by atoms with Gasteiger partial charge in [-0.15, -0.1) is 0 Å². The van der Waals surface area contributed by atoms with Crippen LogP contribution in [-0.4, -0.2) is 29.2 Å². The van der Waals surface area contributed by atoms with E-state index in [1.807, 2.05) is 19.9 Å². The maximum absolute atomic E-state index is 12.2.